The van der Waals surface area contributed by atoms with Crippen molar-refractivity contribution in [2.45, 2.75) is 18.4 Å². The van der Waals surface area contributed by atoms with E-state index in [-0.39, 0.29) is 15.6 Å². The van der Waals surface area contributed by atoms with E-state index in [1.165, 1.54) is 23.9 Å². The third-order valence-electron chi connectivity index (χ3n) is 5.55. The van der Waals surface area contributed by atoms with Crippen LogP contribution in [0.4, 0.5) is 5.69 Å². The number of carbonyl (C=O) groups is 1. The number of hydrazone groups is 1. The molecular weight excluding hydrogens is 522 g/mol. The van der Waals surface area contributed by atoms with Crippen LogP contribution < -0.4 is 14.5 Å². The topological polar surface area (TPSA) is 88.1 Å². The summed E-state index contributed by atoms with van der Waals surface area (Å²) >= 11 is 6.28. The van der Waals surface area contributed by atoms with Crippen molar-refractivity contribution in [1.29, 1.82) is 0 Å². The van der Waals surface area contributed by atoms with Crippen molar-refractivity contribution >= 4 is 39.4 Å². The number of sulfonamides is 1. The molecule has 1 N–H and O–H groups in total. The fourth-order valence-corrected chi connectivity index (χ4v) is 5.27. The van der Waals surface area contributed by atoms with Gasteiger partial charge in [0.2, 0.25) is 0 Å². The second kappa shape index (κ2) is 12.4. The fourth-order valence-electron chi connectivity index (χ4n) is 3.52. The van der Waals surface area contributed by atoms with E-state index < -0.39 is 22.5 Å². The third-order valence-corrected chi connectivity index (χ3v) is 7.64. The average Bonchev–Trinajstić information content (AvgIpc) is 2.93. The molecule has 0 fully saturated rings. The van der Waals surface area contributed by atoms with Crippen LogP contribution in [-0.4, -0.2) is 27.1 Å². The first-order chi connectivity index (χ1) is 18.3. The number of amides is 1. The number of para-hydroxylation sites is 1. The van der Waals surface area contributed by atoms with E-state index in [1.807, 2.05) is 43.3 Å². The summed E-state index contributed by atoms with van der Waals surface area (Å²) in [7, 11) is -4.06. The number of rotatable bonds is 10. The number of ether oxygens (including phenoxy) is 1. The standard InChI is InChI=1S/C29H26ClN3O4S/c1-22-11-13-24(14-12-22)21-37-25-17-15-23(16-18-25)19-31-32-29(34)20-33(28-10-6-5-9-27(28)30)38(35,36)26-7-3-2-4-8-26/h2-19H,20-21H2,1H3,(H,32,34)/b31-19-. The lowest BCUT2D eigenvalue weighted by atomic mass is 10.2. The molecule has 0 bridgehead atoms. The number of halogens is 1. The molecule has 4 aromatic rings. The predicted molar refractivity (Wildman–Crippen MR) is 150 cm³/mol. The molecular formula is C29H26ClN3O4S. The normalized spacial score (nSPS) is 11.3. The Morgan fingerprint density at radius 2 is 1.58 bits per heavy atom. The van der Waals surface area contributed by atoms with Gasteiger partial charge in [-0.05, 0) is 66.6 Å². The Morgan fingerprint density at radius 3 is 2.26 bits per heavy atom. The van der Waals surface area contributed by atoms with E-state index in [9.17, 15) is 13.2 Å². The van der Waals surface area contributed by atoms with Crippen LogP contribution in [-0.2, 0) is 21.4 Å². The first-order valence-corrected chi connectivity index (χ1v) is 13.6. The van der Waals surface area contributed by atoms with Crippen molar-refractivity contribution in [3.8, 4) is 5.75 Å². The van der Waals surface area contributed by atoms with Gasteiger partial charge in [-0.2, -0.15) is 5.10 Å². The van der Waals surface area contributed by atoms with Gasteiger partial charge < -0.3 is 4.74 Å². The van der Waals surface area contributed by atoms with Gasteiger partial charge in [0.15, 0.2) is 0 Å². The first-order valence-electron chi connectivity index (χ1n) is 11.8. The highest BCUT2D eigenvalue weighted by atomic mass is 35.5. The second-order valence-electron chi connectivity index (χ2n) is 8.41. The zero-order chi connectivity index (χ0) is 27.0. The van der Waals surface area contributed by atoms with Crippen molar-refractivity contribution in [2.24, 2.45) is 5.10 Å². The van der Waals surface area contributed by atoms with Crippen LogP contribution in [0.15, 0.2) is 113 Å². The Hall–Kier alpha value is -4.14. The smallest absolute Gasteiger partial charge is 0.264 e. The summed E-state index contributed by atoms with van der Waals surface area (Å²) < 4.78 is 33.5. The molecule has 38 heavy (non-hydrogen) atoms. The number of hydrogen-bond acceptors (Lipinski definition) is 5. The average molecular weight is 548 g/mol. The van der Waals surface area contributed by atoms with Gasteiger partial charge in [0.05, 0.1) is 21.8 Å². The van der Waals surface area contributed by atoms with Crippen molar-refractivity contribution in [1.82, 2.24) is 5.43 Å². The number of carbonyl (C=O) groups excluding carboxylic acids is 1. The lowest BCUT2D eigenvalue weighted by molar-refractivity contribution is -0.119. The van der Waals surface area contributed by atoms with Gasteiger partial charge in [0.1, 0.15) is 18.9 Å². The summed E-state index contributed by atoms with van der Waals surface area (Å²) in [6, 6.07) is 29.6. The summed E-state index contributed by atoms with van der Waals surface area (Å²) in [6.45, 7) is 1.98. The van der Waals surface area contributed by atoms with Crippen molar-refractivity contribution in [2.75, 3.05) is 10.8 Å². The van der Waals surface area contributed by atoms with Crippen LogP contribution in [0.5, 0.6) is 5.75 Å². The second-order valence-corrected chi connectivity index (χ2v) is 10.7. The van der Waals surface area contributed by atoms with Crippen LogP contribution in [0, 0.1) is 6.92 Å². The van der Waals surface area contributed by atoms with Gasteiger partial charge in [0.25, 0.3) is 15.9 Å². The van der Waals surface area contributed by atoms with Gasteiger partial charge in [0, 0.05) is 0 Å². The first kappa shape index (κ1) is 26.9. The Morgan fingerprint density at radius 1 is 0.921 bits per heavy atom. The number of aryl methyl sites for hydroxylation is 1. The van der Waals surface area contributed by atoms with Crippen LogP contribution >= 0.6 is 11.6 Å². The van der Waals surface area contributed by atoms with E-state index >= 15 is 0 Å². The molecule has 0 heterocycles. The zero-order valence-electron chi connectivity index (χ0n) is 20.6. The van der Waals surface area contributed by atoms with Gasteiger partial charge in [-0.3, -0.25) is 9.10 Å². The monoisotopic (exact) mass is 547 g/mol. The minimum atomic E-state index is -4.06. The maximum atomic E-state index is 13.3. The number of benzene rings is 4. The SMILES string of the molecule is Cc1ccc(COc2ccc(/C=N\NC(=O)CN(c3ccccc3Cl)S(=O)(=O)c3ccccc3)cc2)cc1. The molecule has 0 unspecified atom stereocenters. The molecule has 1 amide bonds. The van der Waals surface area contributed by atoms with Crippen molar-refractivity contribution in [3.63, 3.8) is 0 Å². The van der Waals surface area contributed by atoms with Crippen LogP contribution in [0.2, 0.25) is 5.02 Å². The maximum absolute atomic E-state index is 13.3. The van der Waals surface area contributed by atoms with Crippen molar-refractivity contribution < 1.29 is 17.9 Å². The third kappa shape index (κ3) is 7.00. The Balaban J connectivity index is 1.39. The van der Waals surface area contributed by atoms with Crippen LogP contribution in [0.25, 0.3) is 0 Å². The Labute approximate surface area is 227 Å². The summed E-state index contributed by atoms with van der Waals surface area (Å²) in [5.41, 5.74) is 5.58. The quantitative estimate of drug-likeness (QED) is 0.207. The molecule has 0 aliphatic carbocycles. The molecule has 9 heteroatoms. The zero-order valence-corrected chi connectivity index (χ0v) is 22.2. The summed E-state index contributed by atoms with van der Waals surface area (Å²) in [4.78, 5) is 12.7. The molecule has 7 nitrogen and oxygen atoms in total. The Bertz CT molecular complexity index is 1510. The van der Waals surface area contributed by atoms with Gasteiger partial charge in [-0.1, -0.05) is 71.8 Å². The van der Waals surface area contributed by atoms with Crippen molar-refractivity contribution in [3.05, 3.63) is 125 Å². The molecule has 0 saturated carbocycles. The van der Waals surface area contributed by atoms with E-state index in [1.54, 1.807) is 54.6 Å². The molecule has 0 aliphatic heterocycles. The van der Waals surface area contributed by atoms with E-state index in [4.69, 9.17) is 16.3 Å². The van der Waals surface area contributed by atoms with Crippen LogP contribution in [0.3, 0.4) is 0 Å². The summed E-state index contributed by atoms with van der Waals surface area (Å²) in [5.74, 6) is 0.0759. The minimum Gasteiger partial charge on any atom is -0.489 e. The van der Waals surface area contributed by atoms with Gasteiger partial charge >= 0.3 is 0 Å². The Kier molecular flexibility index (Phi) is 8.78. The van der Waals surface area contributed by atoms with E-state index in [2.05, 4.69) is 10.5 Å². The number of nitrogens with one attached hydrogen (secondary N) is 1. The molecule has 0 saturated heterocycles. The van der Waals surface area contributed by atoms with E-state index in [0.717, 1.165) is 15.4 Å². The van der Waals surface area contributed by atoms with Crippen LogP contribution in [0.1, 0.15) is 16.7 Å². The minimum absolute atomic E-state index is 0.0425. The predicted octanol–water partition coefficient (Wildman–Crippen LogP) is 5.57. The lowest BCUT2D eigenvalue weighted by Crippen LogP contribution is -2.39. The van der Waals surface area contributed by atoms with Gasteiger partial charge in [-0.15, -0.1) is 0 Å². The van der Waals surface area contributed by atoms with Gasteiger partial charge in [-0.25, -0.2) is 13.8 Å². The molecule has 0 aliphatic rings. The fraction of sp³-hybridized carbons (Fsp3) is 0.103. The number of anilines is 1. The molecule has 0 spiro atoms. The molecule has 4 rings (SSSR count). The molecule has 0 atom stereocenters. The number of nitrogens with zero attached hydrogens (tertiary/aromatic N) is 2. The summed E-state index contributed by atoms with van der Waals surface area (Å²) in [5, 5.41) is 4.18. The largest absolute Gasteiger partial charge is 0.489 e. The highest BCUT2D eigenvalue weighted by Gasteiger charge is 2.28. The van der Waals surface area contributed by atoms with E-state index in [0.29, 0.717) is 12.4 Å². The summed E-state index contributed by atoms with van der Waals surface area (Å²) in [6.07, 6.45) is 1.47. The maximum Gasteiger partial charge on any atom is 0.264 e. The highest BCUT2D eigenvalue weighted by molar-refractivity contribution is 7.92. The lowest BCUT2D eigenvalue weighted by Gasteiger charge is -2.24. The number of hydrogen-bond donors (Lipinski definition) is 1. The highest BCUT2D eigenvalue weighted by Crippen LogP contribution is 2.30. The molecule has 194 valence electrons. The molecule has 4 aromatic carbocycles. The molecule has 0 aromatic heterocycles. The molecule has 0 radical (unpaired) electrons.